The first-order valence-electron chi connectivity index (χ1n) is 7.36. The minimum atomic E-state index is -0.136. The van der Waals surface area contributed by atoms with Crippen molar-refractivity contribution in [1.29, 1.82) is 0 Å². The highest BCUT2D eigenvalue weighted by atomic mass is 32.1. The van der Waals surface area contributed by atoms with E-state index in [0.29, 0.717) is 18.7 Å². The molecule has 4 aromatic rings. The fourth-order valence-corrected chi connectivity index (χ4v) is 2.88. The van der Waals surface area contributed by atoms with Gasteiger partial charge < -0.3 is 9.73 Å². The minimum Gasteiger partial charge on any atom is -0.464 e. The molecule has 0 aliphatic carbocycles. The maximum absolute atomic E-state index is 12.2. The lowest BCUT2D eigenvalue weighted by Crippen LogP contribution is -2.27. The average Bonchev–Trinajstić information content (AvgIpc) is 3.34. The minimum absolute atomic E-state index is 0.136. The van der Waals surface area contributed by atoms with E-state index in [0.717, 1.165) is 34.1 Å². The molecule has 0 radical (unpaired) electrons. The monoisotopic (exact) mass is 339 g/mol. The van der Waals surface area contributed by atoms with Gasteiger partial charge in [0.1, 0.15) is 16.8 Å². The maximum Gasteiger partial charge on any atom is 0.251 e. The van der Waals surface area contributed by atoms with Crippen LogP contribution in [-0.2, 0) is 6.54 Å². The fourth-order valence-electron chi connectivity index (χ4n) is 2.37. The molecule has 120 valence electrons. The number of carbonyl (C=O) groups excluding carboxylic acids is 1. The molecule has 24 heavy (non-hydrogen) atoms. The Hall–Kier alpha value is -3.00. The Bertz CT molecular complexity index is 973. The number of hydrogen-bond acceptors (Lipinski definition) is 6. The van der Waals surface area contributed by atoms with E-state index >= 15 is 0 Å². The topological polar surface area (TPSA) is 85.8 Å². The molecule has 0 aliphatic heterocycles. The molecule has 0 saturated carbocycles. The molecule has 1 aromatic carbocycles. The van der Waals surface area contributed by atoms with E-state index in [1.54, 1.807) is 35.3 Å². The molecule has 8 heteroatoms. The fraction of sp³-hybridized carbons (Fsp3) is 0.125. The number of hydrogen-bond donors (Lipinski definition) is 1. The number of furan rings is 1. The van der Waals surface area contributed by atoms with E-state index in [1.807, 2.05) is 18.3 Å². The van der Waals surface area contributed by atoms with Gasteiger partial charge in [-0.05, 0) is 30.3 Å². The summed E-state index contributed by atoms with van der Waals surface area (Å²) in [5, 5.41) is 7.14. The van der Waals surface area contributed by atoms with Gasteiger partial charge in [0.15, 0.2) is 0 Å². The third-order valence-corrected chi connectivity index (χ3v) is 4.14. The first-order valence-corrected chi connectivity index (χ1v) is 8.09. The Kier molecular flexibility index (Phi) is 3.80. The summed E-state index contributed by atoms with van der Waals surface area (Å²) < 4.78 is 15.4. The molecule has 4 rings (SSSR count). The van der Waals surface area contributed by atoms with Gasteiger partial charge in [0.05, 0.1) is 36.3 Å². The Morgan fingerprint density at radius 1 is 1.25 bits per heavy atom. The van der Waals surface area contributed by atoms with Crippen LogP contribution in [0.4, 0.5) is 0 Å². The molecule has 7 nitrogen and oxygen atoms in total. The van der Waals surface area contributed by atoms with E-state index in [2.05, 4.69) is 19.2 Å². The van der Waals surface area contributed by atoms with Gasteiger partial charge >= 0.3 is 0 Å². The number of amides is 1. The summed E-state index contributed by atoms with van der Waals surface area (Å²) in [6.07, 6.45) is 5.25. The molecular weight excluding hydrogens is 326 g/mol. The number of benzene rings is 1. The molecule has 1 N–H and O–H groups in total. The third kappa shape index (κ3) is 2.91. The van der Waals surface area contributed by atoms with Crippen LogP contribution in [0.5, 0.6) is 0 Å². The zero-order valence-electron chi connectivity index (χ0n) is 12.5. The van der Waals surface area contributed by atoms with Crippen LogP contribution in [0.25, 0.3) is 22.4 Å². The SMILES string of the molecule is O=C(NCCn1cc(-c2ccco2)cn1)c1ccc2nsnc2c1. The van der Waals surface area contributed by atoms with Crippen LogP contribution in [0, 0.1) is 0 Å². The van der Waals surface area contributed by atoms with E-state index in [-0.39, 0.29) is 5.91 Å². The van der Waals surface area contributed by atoms with Gasteiger partial charge in [0.25, 0.3) is 5.91 Å². The summed E-state index contributed by atoms with van der Waals surface area (Å²) in [6, 6.07) is 9.02. The number of nitrogens with one attached hydrogen (secondary N) is 1. The van der Waals surface area contributed by atoms with Gasteiger partial charge in [-0.15, -0.1) is 0 Å². The van der Waals surface area contributed by atoms with Crippen molar-refractivity contribution in [2.75, 3.05) is 6.54 Å². The molecule has 0 unspecified atom stereocenters. The van der Waals surface area contributed by atoms with Crippen molar-refractivity contribution in [3.63, 3.8) is 0 Å². The van der Waals surface area contributed by atoms with Crippen molar-refractivity contribution in [1.82, 2.24) is 23.8 Å². The number of rotatable bonds is 5. The summed E-state index contributed by atoms with van der Waals surface area (Å²) >= 11 is 1.14. The first kappa shape index (κ1) is 14.6. The van der Waals surface area contributed by atoms with Gasteiger partial charge in [-0.1, -0.05) is 0 Å². The predicted octanol–water partition coefficient (Wildman–Crippen LogP) is 2.58. The summed E-state index contributed by atoms with van der Waals surface area (Å²) in [5.74, 6) is 0.638. The summed E-state index contributed by atoms with van der Waals surface area (Å²) in [6.45, 7) is 1.05. The second kappa shape index (κ2) is 6.25. The van der Waals surface area contributed by atoms with Gasteiger partial charge in [0, 0.05) is 18.3 Å². The zero-order valence-corrected chi connectivity index (χ0v) is 13.4. The molecule has 0 bridgehead atoms. The van der Waals surface area contributed by atoms with Crippen molar-refractivity contribution in [3.8, 4) is 11.3 Å². The van der Waals surface area contributed by atoms with Crippen molar-refractivity contribution in [3.05, 3.63) is 54.6 Å². The van der Waals surface area contributed by atoms with Crippen LogP contribution in [0.2, 0.25) is 0 Å². The summed E-state index contributed by atoms with van der Waals surface area (Å²) in [4.78, 5) is 12.2. The zero-order chi connectivity index (χ0) is 16.4. The Balaban J connectivity index is 1.36. The second-order valence-corrected chi connectivity index (χ2v) is 5.72. The standard InChI is InChI=1S/C16H13N5O2S/c22-16(11-3-4-13-14(8-11)20-24-19-13)17-5-6-21-10-12(9-18-21)15-2-1-7-23-15/h1-4,7-10H,5-6H2,(H,17,22). The van der Waals surface area contributed by atoms with Crippen LogP contribution in [0.3, 0.4) is 0 Å². The van der Waals surface area contributed by atoms with Gasteiger partial charge in [-0.25, -0.2) is 0 Å². The Morgan fingerprint density at radius 3 is 3.04 bits per heavy atom. The van der Waals surface area contributed by atoms with Crippen LogP contribution in [-0.4, -0.2) is 31.0 Å². The van der Waals surface area contributed by atoms with Gasteiger partial charge in [-0.2, -0.15) is 13.8 Å². The van der Waals surface area contributed by atoms with Crippen LogP contribution >= 0.6 is 11.7 Å². The predicted molar refractivity (Wildman–Crippen MR) is 89.7 cm³/mol. The highest BCUT2D eigenvalue weighted by Gasteiger charge is 2.08. The van der Waals surface area contributed by atoms with Crippen molar-refractivity contribution < 1.29 is 9.21 Å². The quantitative estimate of drug-likeness (QED) is 0.604. The number of fused-ring (bicyclic) bond motifs is 1. The highest BCUT2D eigenvalue weighted by Crippen LogP contribution is 2.18. The van der Waals surface area contributed by atoms with E-state index in [9.17, 15) is 4.79 Å². The lowest BCUT2D eigenvalue weighted by Gasteiger charge is -2.05. The molecule has 1 amide bonds. The van der Waals surface area contributed by atoms with Crippen molar-refractivity contribution >= 4 is 28.7 Å². The smallest absolute Gasteiger partial charge is 0.251 e. The third-order valence-electron chi connectivity index (χ3n) is 3.58. The maximum atomic E-state index is 12.2. The van der Waals surface area contributed by atoms with Crippen LogP contribution in [0.15, 0.2) is 53.4 Å². The van der Waals surface area contributed by atoms with Crippen LogP contribution in [0.1, 0.15) is 10.4 Å². The Morgan fingerprint density at radius 2 is 2.17 bits per heavy atom. The normalized spacial score (nSPS) is 11.0. The molecule has 0 atom stereocenters. The van der Waals surface area contributed by atoms with Crippen molar-refractivity contribution in [2.45, 2.75) is 6.54 Å². The largest absolute Gasteiger partial charge is 0.464 e. The van der Waals surface area contributed by atoms with E-state index < -0.39 is 0 Å². The lowest BCUT2D eigenvalue weighted by atomic mass is 10.2. The lowest BCUT2D eigenvalue weighted by molar-refractivity contribution is 0.0952. The molecule has 0 spiro atoms. The second-order valence-electron chi connectivity index (χ2n) is 5.19. The van der Waals surface area contributed by atoms with Crippen LogP contribution < -0.4 is 5.32 Å². The van der Waals surface area contributed by atoms with E-state index in [4.69, 9.17) is 4.42 Å². The molecule has 0 aliphatic rings. The molecule has 0 saturated heterocycles. The molecular formula is C16H13N5O2S. The van der Waals surface area contributed by atoms with Gasteiger partial charge in [0.2, 0.25) is 0 Å². The first-order chi connectivity index (χ1) is 11.8. The summed E-state index contributed by atoms with van der Waals surface area (Å²) in [7, 11) is 0. The van der Waals surface area contributed by atoms with Crippen molar-refractivity contribution in [2.24, 2.45) is 0 Å². The van der Waals surface area contributed by atoms with Gasteiger partial charge in [-0.3, -0.25) is 9.48 Å². The number of nitrogens with zero attached hydrogens (tertiary/aromatic N) is 4. The Labute approximate surface area is 141 Å². The molecule has 3 heterocycles. The number of aromatic nitrogens is 4. The number of carbonyl (C=O) groups is 1. The average molecular weight is 339 g/mol. The van der Waals surface area contributed by atoms with E-state index in [1.165, 1.54) is 0 Å². The molecule has 3 aromatic heterocycles. The summed E-state index contributed by atoms with van der Waals surface area (Å²) in [5.41, 5.74) is 3.03. The molecule has 0 fully saturated rings. The highest BCUT2D eigenvalue weighted by molar-refractivity contribution is 7.00.